The molecule has 0 aliphatic heterocycles. The molecule has 0 fully saturated rings. The van der Waals surface area contributed by atoms with Crippen LogP contribution in [-0.4, -0.2) is 36.9 Å². The molecule has 0 saturated carbocycles. The largest absolute Gasteiger partial charge is 0.483 e. The number of hydrogen-bond donors (Lipinski definition) is 1. The second kappa shape index (κ2) is 9.48. The van der Waals surface area contributed by atoms with Crippen LogP contribution in [0.4, 0.5) is 5.69 Å². The molecule has 0 radical (unpaired) electrons. The second-order valence-electron chi connectivity index (χ2n) is 6.28. The fourth-order valence-electron chi connectivity index (χ4n) is 2.67. The van der Waals surface area contributed by atoms with E-state index >= 15 is 0 Å². The molecule has 0 saturated heterocycles. The Bertz CT molecular complexity index is 1050. The number of nitrogens with one attached hydrogen (secondary N) is 1. The fraction of sp³-hybridized carbons (Fsp3) is 0.143. The molecule has 2 amide bonds. The van der Waals surface area contributed by atoms with Crippen LogP contribution in [0.3, 0.4) is 0 Å². The summed E-state index contributed by atoms with van der Waals surface area (Å²) in [6.45, 7) is -0.365. The lowest BCUT2D eigenvalue weighted by molar-refractivity contribution is -0.135. The number of rotatable bonds is 6. The predicted octanol–water partition coefficient (Wildman–Crippen LogP) is 5.39. The molecule has 0 atom stereocenters. The zero-order chi connectivity index (χ0) is 21.0. The van der Waals surface area contributed by atoms with E-state index in [1.54, 1.807) is 24.3 Å². The number of likely N-dealkylation sites (N-methyl/N-ethyl adjacent to an activating group) is 1. The Morgan fingerprint density at radius 2 is 1.72 bits per heavy atom. The number of hydrogen-bond acceptors (Lipinski definition) is 3. The Kier molecular flexibility index (Phi) is 7.00. The molecule has 3 rings (SSSR count). The highest BCUT2D eigenvalue weighted by molar-refractivity contribution is 9.10. The van der Waals surface area contributed by atoms with Crippen molar-refractivity contribution in [2.45, 2.75) is 0 Å². The van der Waals surface area contributed by atoms with Gasteiger partial charge in [-0.05, 0) is 44.9 Å². The van der Waals surface area contributed by atoms with Gasteiger partial charge in [0.25, 0.3) is 5.91 Å². The average Bonchev–Trinajstić information content (AvgIpc) is 2.70. The molecule has 29 heavy (non-hydrogen) atoms. The first-order chi connectivity index (χ1) is 13.9. The maximum atomic E-state index is 12.4. The van der Waals surface area contributed by atoms with Gasteiger partial charge in [0.15, 0.2) is 6.61 Å². The van der Waals surface area contributed by atoms with E-state index in [0.717, 1.165) is 15.2 Å². The van der Waals surface area contributed by atoms with Gasteiger partial charge in [-0.2, -0.15) is 0 Å². The number of carbonyl (C=O) groups excluding carboxylic acids is 2. The predicted molar refractivity (Wildman–Crippen MR) is 120 cm³/mol. The minimum atomic E-state index is -0.414. The van der Waals surface area contributed by atoms with Gasteiger partial charge in [-0.1, -0.05) is 59.6 Å². The SMILES string of the molecule is CN(CC(=O)Nc1c(Cl)cccc1Cl)C(=O)COc1ccc2ccccc2c1Br. The smallest absolute Gasteiger partial charge is 0.260 e. The van der Waals surface area contributed by atoms with Crippen molar-refractivity contribution < 1.29 is 14.3 Å². The van der Waals surface area contributed by atoms with Crippen LogP contribution in [0.1, 0.15) is 0 Å². The molecule has 0 bridgehead atoms. The third-order valence-corrected chi connectivity index (χ3v) is 5.66. The normalized spacial score (nSPS) is 10.6. The lowest BCUT2D eigenvalue weighted by Crippen LogP contribution is -2.37. The van der Waals surface area contributed by atoms with Crippen LogP contribution < -0.4 is 10.1 Å². The molecule has 0 aliphatic carbocycles. The molecule has 0 unspecified atom stereocenters. The number of carbonyl (C=O) groups is 2. The van der Waals surface area contributed by atoms with Gasteiger partial charge in [0, 0.05) is 7.05 Å². The van der Waals surface area contributed by atoms with E-state index < -0.39 is 5.91 Å². The van der Waals surface area contributed by atoms with Crippen molar-refractivity contribution in [2.24, 2.45) is 0 Å². The highest BCUT2D eigenvalue weighted by Crippen LogP contribution is 2.33. The van der Waals surface area contributed by atoms with Gasteiger partial charge in [-0.15, -0.1) is 0 Å². The molecular formula is C21H17BrCl2N2O3. The van der Waals surface area contributed by atoms with E-state index in [-0.39, 0.29) is 19.1 Å². The van der Waals surface area contributed by atoms with Gasteiger partial charge in [0.1, 0.15) is 5.75 Å². The van der Waals surface area contributed by atoms with Gasteiger partial charge >= 0.3 is 0 Å². The number of nitrogens with zero attached hydrogens (tertiary/aromatic N) is 1. The zero-order valence-electron chi connectivity index (χ0n) is 15.4. The molecule has 0 heterocycles. The van der Waals surface area contributed by atoms with Gasteiger partial charge in [-0.3, -0.25) is 9.59 Å². The first kappa shape index (κ1) is 21.4. The first-order valence-corrected chi connectivity index (χ1v) is 10.2. The van der Waals surface area contributed by atoms with E-state index in [9.17, 15) is 9.59 Å². The van der Waals surface area contributed by atoms with E-state index in [1.807, 2.05) is 30.3 Å². The van der Waals surface area contributed by atoms with Crippen LogP contribution in [0.15, 0.2) is 59.1 Å². The van der Waals surface area contributed by atoms with Crippen molar-refractivity contribution in [3.05, 3.63) is 69.1 Å². The van der Waals surface area contributed by atoms with Crippen molar-refractivity contribution in [3.8, 4) is 5.75 Å². The maximum Gasteiger partial charge on any atom is 0.260 e. The number of benzene rings is 3. The number of halogens is 3. The highest BCUT2D eigenvalue weighted by atomic mass is 79.9. The minimum Gasteiger partial charge on any atom is -0.483 e. The van der Waals surface area contributed by atoms with Crippen LogP contribution in [0.2, 0.25) is 10.0 Å². The molecule has 150 valence electrons. The number of para-hydroxylation sites is 1. The number of anilines is 1. The van der Waals surface area contributed by atoms with E-state index in [2.05, 4.69) is 21.2 Å². The summed E-state index contributed by atoms with van der Waals surface area (Å²) in [7, 11) is 1.52. The number of fused-ring (bicyclic) bond motifs is 1. The third kappa shape index (κ3) is 5.21. The van der Waals surface area contributed by atoms with Crippen LogP contribution in [-0.2, 0) is 9.59 Å². The van der Waals surface area contributed by atoms with Gasteiger partial charge in [0.2, 0.25) is 5.91 Å². The third-order valence-electron chi connectivity index (χ3n) is 4.21. The maximum absolute atomic E-state index is 12.4. The first-order valence-electron chi connectivity index (χ1n) is 8.64. The van der Waals surface area contributed by atoms with Crippen LogP contribution >= 0.6 is 39.1 Å². The molecule has 0 spiro atoms. The molecule has 8 heteroatoms. The van der Waals surface area contributed by atoms with Crippen molar-refractivity contribution in [1.29, 1.82) is 0 Å². The topological polar surface area (TPSA) is 58.6 Å². The Balaban J connectivity index is 1.58. The number of amides is 2. The van der Waals surface area contributed by atoms with E-state index in [0.29, 0.717) is 21.5 Å². The molecule has 0 aromatic heterocycles. The quantitative estimate of drug-likeness (QED) is 0.499. The Morgan fingerprint density at radius 1 is 1.03 bits per heavy atom. The lowest BCUT2D eigenvalue weighted by Gasteiger charge is -2.18. The van der Waals surface area contributed by atoms with E-state index in [4.69, 9.17) is 27.9 Å². The van der Waals surface area contributed by atoms with Crippen LogP contribution in [0.5, 0.6) is 5.75 Å². The summed E-state index contributed by atoms with van der Waals surface area (Å²) in [5, 5.41) is 5.32. The lowest BCUT2D eigenvalue weighted by atomic mass is 10.1. The summed E-state index contributed by atoms with van der Waals surface area (Å²) in [5.74, 6) is -0.203. The standard InChI is InChI=1S/C21H17BrCl2N2O3/c1-26(11-18(27)25-21-15(23)7-4-8-16(21)24)19(28)12-29-17-10-9-13-5-2-3-6-14(13)20(17)22/h2-10H,11-12H2,1H3,(H,25,27). The Morgan fingerprint density at radius 3 is 2.45 bits per heavy atom. The van der Waals surface area contributed by atoms with Crippen molar-refractivity contribution in [1.82, 2.24) is 4.90 Å². The van der Waals surface area contributed by atoms with Gasteiger partial charge < -0.3 is 15.0 Å². The van der Waals surface area contributed by atoms with Crippen molar-refractivity contribution >= 4 is 67.4 Å². The van der Waals surface area contributed by atoms with Crippen LogP contribution in [0.25, 0.3) is 10.8 Å². The molecular weight excluding hydrogens is 479 g/mol. The monoisotopic (exact) mass is 494 g/mol. The second-order valence-corrected chi connectivity index (χ2v) is 7.89. The number of ether oxygens (including phenoxy) is 1. The highest BCUT2D eigenvalue weighted by Gasteiger charge is 2.16. The summed E-state index contributed by atoms with van der Waals surface area (Å²) in [4.78, 5) is 25.9. The molecule has 0 aliphatic rings. The van der Waals surface area contributed by atoms with Crippen LogP contribution in [0, 0.1) is 0 Å². The molecule has 3 aromatic carbocycles. The molecule has 3 aromatic rings. The van der Waals surface area contributed by atoms with Crippen molar-refractivity contribution in [3.63, 3.8) is 0 Å². The van der Waals surface area contributed by atoms with Crippen molar-refractivity contribution in [2.75, 3.05) is 25.5 Å². The summed E-state index contributed by atoms with van der Waals surface area (Å²) >= 11 is 15.6. The summed E-state index contributed by atoms with van der Waals surface area (Å²) in [6, 6.07) is 16.5. The zero-order valence-corrected chi connectivity index (χ0v) is 18.5. The minimum absolute atomic E-state index is 0.164. The summed E-state index contributed by atoms with van der Waals surface area (Å²) < 4.78 is 6.43. The van der Waals surface area contributed by atoms with Gasteiger partial charge in [-0.25, -0.2) is 0 Å². The molecule has 1 N–H and O–H groups in total. The fourth-order valence-corrected chi connectivity index (χ4v) is 3.77. The van der Waals surface area contributed by atoms with E-state index in [1.165, 1.54) is 11.9 Å². The Labute approximate surface area is 186 Å². The summed E-state index contributed by atoms with van der Waals surface area (Å²) in [6.07, 6.45) is 0. The Hall–Kier alpha value is -2.28. The van der Waals surface area contributed by atoms with Gasteiger partial charge in [0.05, 0.1) is 26.8 Å². The average molecular weight is 496 g/mol. The summed E-state index contributed by atoms with van der Waals surface area (Å²) in [5.41, 5.74) is 0.318. The molecule has 5 nitrogen and oxygen atoms in total.